The van der Waals surface area contributed by atoms with Gasteiger partial charge in [0.1, 0.15) is 34.9 Å². The van der Waals surface area contributed by atoms with Crippen molar-refractivity contribution in [3.8, 4) is 0 Å². The van der Waals surface area contributed by atoms with Gasteiger partial charge in [0.15, 0.2) is 0 Å². The smallest absolute Gasteiger partial charge is 0.117 e. The average Bonchev–Trinajstić information content (AvgIpc) is 2.82. The van der Waals surface area contributed by atoms with Crippen molar-refractivity contribution in [1.82, 2.24) is 0 Å². The van der Waals surface area contributed by atoms with Gasteiger partial charge in [0.2, 0.25) is 0 Å². The van der Waals surface area contributed by atoms with Crippen LogP contribution in [0.2, 0.25) is 0 Å². The van der Waals surface area contributed by atoms with Crippen LogP contribution >= 0.6 is 7.26 Å². The van der Waals surface area contributed by atoms with Crippen LogP contribution in [0.4, 0.5) is 0 Å². The Morgan fingerprint density at radius 2 is 0.828 bits per heavy atom. The summed E-state index contributed by atoms with van der Waals surface area (Å²) < 4.78 is 0. The van der Waals surface area contributed by atoms with E-state index in [1.54, 1.807) is 0 Å². The van der Waals surface area contributed by atoms with Crippen LogP contribution in [0.15, 0.2) is 121 Å². The number of aliphatic hydroxyl groups excluding tert-OH is 1. The Labute approximate surface area is 174 Å². The topological polar surface area (TPSA) is 20.2 Å². The molecule has 2 heteroatoms. The molecule has 4 rings (SSSR count). The molecule has 0 heterocycles. The van der Waals surface area contributed by atoms with Gasteiger partial charge in [0, 0.05) is 0 Å². The predicted octanol–water partition coefficient (Wildman–Crippen LogP) is 5.10. The van der Waals surface area contributed by atoms with Crippen LogP contribution in [0.25, 0.3) is 0 Å². The maximum Gasteiger partial charge on any atom is 0.117 e. The van der Waals surface area contributed by atoms with Gasteiger partial charge in [0.05, 0.1) is 0 Å². The molecule has 0 saturated heterocycles. The Balaban J connectivity index is 2.00. The molecule has 0 fully saturated rings. The van der Waals surface area contributed by atoms with E-state index in [1.165, 1.54) is 15.9 Å². The minimum Gasteiger partial charge on any atom is -0.384 e. The molecule has 29 heavy (non-hydrogen) atoms. The van der Waals surface area contributed by atoms with Gasteiger partial charge in [-0.1, -0.05) is 84.9 Å². The molecule has 0 aromatic heterocycles. The third-order valence-corrected chi connectivity index (χ3v) is 10.5. The van der Waals surface area contributed by atoms with Gasteiger partial charge >= 0.3 is 0 Å². The summed E-state index contributed by atoms with van der Waals surface area (Å²) in [6.45, 7) is 2.21. The first kappa shape index (κ1) is 19.6. The molecular formula is C27H26OP+. The highest BCUT2D eigenvalue weighted by molar-refractivity contribution is 7.96. The van der Waals surface area contributed by atoms with Gasteiger partial charge in [-0.05, 0) is 48.9 Å². The molecular weight excluding hydrogens is 371 g/mol. The van der Waals surface area contributed by atoms with Gasteiger partial charge < -0.3 is 5.11 Å². The number of rotatable bonds is 6. The third-order valence-electron chi connectivity index (χ3n) is 5.70. The van der Waals surface area contributed by atoms with E-state index in [1.807, 2.05) is 30.3 Å². The maximum atomic E-state index is 11.5. The highest BCUT2D eigenvalue weighted by atomic mass is 31.2. The summed E-state index contributed by atoms with van der Waals surface area (Å²) in [6, 6.07) is 42.2. The second kappa shape index (κ2) is 8.74. The van der Waals surface area contributed by atoms with E-state index in [0.29, 0.717) is 0 Å². The van der Waals surface area contributed by atoms with E-state index in [-0.39, 0.29) is 5.66 Å². The Hall–Kier alpha value is -2.73. The monoisotopic (exact) mass is 397 g/mol. The van der Waals surface area contributed by atoms with Crippen LogP contribution in [-0.4, -0.2) is 10.8 Å². The molecule has 4 aromatic carbocycles. The highest BCUT2D eigenvalue weighted by Gasteiger charge is 2.53. The van der Waals surface area contributed by atoms with Gasteiger partial charge in [0.25, 0.3) is 0 Å². The van der Waals surface area contributed by atoms with E-state index in [9.17, 15) is 5.11 Å². The van der Waals surface area contributed by atoms with Gasteiger partial charge in [-0.2, -0.15) is 0 Å². The highest BCUT2D eigenvalue weighted by Crippen LogP contribution is 2.62. The zero-order chi connectivity index (χ0) is 20.1. The van der Waals surface area contributed by atoms with Crippen molar-refractivity contribution in [2.45, 2.75) is 18.7 Å². The minimum absolute atomic E-state index is 0.0112. The van der Waals surface area contributed by atoms with Crippen LogP contribution < -0.4 is 15.9 Å². The Morgan fingerprint density at radius 3 is 1.17 bits per heavy atom. The summed E-state index contributed by atoms with van der Waals surface area (Å²) in [5, 5.41) is 15.4. The molecule has 0 unspecified atom stereocenters. The molecule has 1 nitrogen and oxygen atoms in total. The molecule has 1 N–H and O–H groups in total. The lowest BCUT2D eigenvalue weighted by Crippen LogP contribution is -2.40. The zero-order valence-corrected chi connectivity index (χ0v) is 17.5. The Bertz CT molecular complexity index is 920. The molecule has 2 atom stereocenters. The summed E-state index contributed by atoms with van der Waals surface area (Å²) in [7, 11) is -2.12. The number of hydrogen-bond acceptors (Lipinski definition) is 1. The minimum atomic E-state index is -2.12. The molecule has 4 aromatic rings. The van der Waals surface area contributed by atoms with E-state index < -0.39 is 13.4 Å². The van der Waals surface area contributed by atoms with Crippen molar-refractivity contribution in [3.05, 3.63) is 127 Å². The summed E-state index contributed by atoms with van der Waals surface area (Å²) >= 11 is 0. The summed E-state index contributed by atoms with van der Waals surface area (Å²) in [4.78, 5) is 0. The standard InChI is InChI=1S/C27H26OP/c1-22(27(28)23-14-6-2-7-15-23)29(24-16-8-3-9-17-24,25-18-10-4-11-19-25)26-20-12-5-13-21-26/h2-22,27-28H,1H3/q+1/t22-,27-/m1/s1. The number of aliphatic hydroxyl groups is 1. The summed E-state index contributed by atoms with van der Waals surface area (Å²) in [5.74, 6) is 0. The molecule has 0 bridgehead atoms. The van der Waals surface area contributed by atoms with Crippen molar-refractivity contribution < 1.29 is 5.11 Å². The number of hydrogen-bond donors (Lipinski definition) is 1. The fraction of sp³-hybridized carbons (Fsp3) is 0.111. The predicted molar refractivity (Wildman–Crippen MR) is 126 cm³/mol. The first-order valence-corrected chi connectivity index (χ1v) is 11.9. The Morgan fingerprint density at radius 1 is 0.517 bits per heavy atom. The molecule has 0 aliphatic rings. The lowest BCUT2D eigenvalue weighted by Gasteiger charge is -2.35. The Kier molecular flexibility index (Phi) is 5.90. The molecule has 144 valence electrons. The molecule has 0 spiro atoms. The first-order valence-electron chi connectivity index (χ1n) is 10.0. The SMILES string of the molecule is C[C@H]([C@@H](O)c1ccccc1)[P+](c1ccccc1)(c1ccccc1)c1ccccc1. The number of benzene rings is 4. The summed E-state index contributed by atoms with van der Waals surface area (Å²) in [5.41, 5.74) is 0.976. The lowest BCUT2D eigenvalue weighted by atomic mass is 10.1. The molecule has 0 saturated carbocycles. The lowest BCUT2D eigenvalue weighted by molar-refractivity contribution is 0.177. The van der Waals surface area contributed by atoms with E-state index >= 15 is 0 Å². The van der Waals surface area contributed by atoms with Gasteiger partial charge in [-0.25, -0.2) is 0 Å². The fourth-order valence-electron chi connectivity index (χ4n) is 4.28. The van der Waals surface area contributed by atoms with Gasteiger partial charge in [-0.3, -0.25) is 0 Å². The van der Waals surface area contributed by atoms with Crippen molar-refractivity contribution in [1.29, 1.82) is 0 Å². The van der Waals surface area contributed by atoms with Crippen molar-refractivity contribution in [3.63, 3.8) is 0 Å². The van der Waals surface area contributed by atoms with E-state index in [2.05, 4.69) is 97.9 Å². The van der Waals surface area contributed by atoms with Gasteiger partial charge in [-0.15, -0.1) is 0 Å². The molecule has 0 radical (unpaired) electrons. The van der Waals surface area contributed by atoms with Crippen LogP contribution in [0, 0.1) is 0 Å². The maximum absolute atomic E-state index is 11.5. The van der Waals surface area contributed by atoms with Crippen molar-refractivity contribution in [2.24, 2.45) is 0 Å². The van der Waals surface area contributed by atoms with Crippen LogP contribution in [0.1, 0.15) is 18.6 Å². The molecule has 0 aliphatic carbocycles. The first-order chi connectivity index (χ1) is 14.2. The quantitative estimate of drug-likeness (QED) is 0.449. The largest absolute Gasteiger partial charge is 0.384 e. The molecule has 0 aliphatic heterocycles. The van der Waals surface area contributed by atoms with Crippen LogP contribution in [0.5, 0.6) is 0 Å². The second-order valence-corrected chi connectivity index (χ2v) is 11.1. The second-order valence-electron chi connectivity index (χ2n) is 7.33. The molecule has 0 amide bonds. The van der Waals surface area contributed by atoms with Crippen molar-refractivity contribution >= 4 is 23.2 Å². The zero-order valence-electron chi connectivity index (χ0n) is 16.6. The van der Waals surface area contributed by atoms with Crippen LogP contribution in [0.3, 0.4) is 0 Å². The van der Waals surface area contributed by atoms with E-state index in [0.717, 1.165) is 5.56 Å². The van der Waals surface area contributed by atoms with E-state index in [4.69, 9.17) is 0 Å². The van der Waals surface area contributed by atoms with Crippen LogP contribution in [-0.2, 0) is 0 Å². The normalized spacial score (nSPS) is 13.6. The summed E-state index contributed by atoms with van der Waals surface area (Å²) in [6.07, 6.45) is -0.565. The fourth-order valence-corrected chi connectivity index (χ4v) is 9.11. The van der Waals surface area contributed by atoms with Crippen molar-refractivity contribution in [2.75, 3.05) is 0 Å². The third kappa shape index (κ3) is 3.65. The average molecular weight is 397 g/mol.